The smallest absolute Gasteiger partial charge is 0.240 e. The Morgan fingerprint density at radius 2 is 1.67 bits per heavy atom. The fourth-order valence-electron chi connectivity index (χ4n) is 2.08. The molecule has 1 rings (SSSR count). The van der Waals surface area contributed by atoms with Crippen LogP contribution in [0.4, 0.5) is 0 Å². The molecular weight excluding hydrogens is 284 g/mol. The lowest BCUT2D eigenvalue weighted by molar-refractivity contribution is 0.479. The standard InChI is InChI=1S/C16H28N2O2S/c1-4-11-17-12-15-7-9-16(10-8-15)21(19,20)18-13-14(5-2)6-3/h7-10,14,17-18H,4-6,11-13H2,1-3H3. The van der Waals surface area contributed by atoms with Crippen molar-refractivity contribution in [1.82, 2.24) is 10.0 Å². The maximum absolute atomic E-state index is 12.2. The molecule has 0 saturated heterocycles. The Bertz CT molecular complexity index is 494. The normalized spacial score (nSPS) is 12.0. The Balaban J connectivity index is 2.62. The van der Waals surface area contributed by atoms with Crippen LogP contribution in [0.15, 0.2) is 29.2 Å². The fraction of sp³-hybridized carbons (Fsp3) is 0.625. The Morgan fingerprint density at radius 3 is 2.19 bits per heavy atom. The average Bonchev–Trinajstić information content (AvgIpc) is 2.49. The number of rotatable bonds is 10. The van der Waals surface area contributed by atoms with Gasteiger partial charge in [-0.1, -0.05) is 45.7 Å². The van der Waals surface area contributed by atoms with E-state index in [2.05, 4.69) is 30.8 Å². The average molecular weight is 312 g/mol. The van der Waals surface area contributed by atoms with Crippen LogP contribution in [0.2, 0.25) is 0 Å². The first kappa shape index (κ1) is 18.1. The van der Waals surface area contributed by atoms with Gasteiger partial charge >= 0.3 is 0 Å². The number of sulfonamides is 1. The second-order valence-electron chi connectivity index (χ2n) is 5.36. The van der Waals surface area contributed by atoms with Crippen LogP contribution in [-0.2, 0) is 16.6 Å². The maximum atomic E-state index is 12.2. The van der Waals surface area contributed by atoms with E-state index in [1.54, 1.807) is 12.1 Å². The molecule has 0 spiro atoms. The molecule has 21 heavy (non-hydrogen) atoms. The zero-order valence-electron chi connectivity index (χ0n) is 13.4. The van der Waals surface area contributed by atoms with Crippen LogP contribution in [0.25, 0.3) is 0 Å². The van der Waals surface area contributed by atoms with Gasteiger partial charge in [-0.05, 0) is 36.6 Å². The summed E-state index contributed by atoms with van der Waals surface area (Å²) in [6.45, 7) is 8.54. The summed E-state index contributed by atoms with van der Waals surface area (Å²) in [5.74, 6) is 0.400. The lowest BCUT2D eigenvalue weighted by Gasteiger charge is -2.14. The molecule has 0 heterocycles. The van der Waals surface area contributed by atoms with Crippen LogP contribution in [0.5, 0.6) is 0 Å². The summed E-state index contributed by atoms with van der Waals surface area (Å²) in [6.07, 6.45) is 3.06. The third-order valence-electron chi connectivity index (χ3n) is 3.71. The van der Waals surface area contributed by atoms with Crippen molar-refractivity contribution in [3.63, 3.8) is 0 Å². The monoisotopic (exact) mass is 312 g/mol. The molecular formula is C16H28N2O2S. The summed E-state index contributed by atoms with van der Waals surface area (Å²) < 4.78 is 27.1. The molecule has 0 saturated carbocycles. The van der Waals surface area contributed by atoms with Gasteiger partial charge in [-0.25, -0.2) is 13.1 Å². The lowest BCUT2D eigenvalue weighted by Crippen LogP contribution is -2.29. The van der Waals surface area contributed by atoms with E-state index in [4.69, 9.17) is 0 Å². The molecule has 4 nitrogen and oxygen atoms in total. The Labute approximate surface area is 129 Å². The molecule has 0 atom stereocenters. The third-order valence-corrected chi connectivity index (χ3v) is 5.15. The van der Waals surface area contributed by atoms with E-state index < -0.39 is 10.0 Å². The molecule has 0 aliphatic heterocycles. The van der Waals surface area contributed by atoms with Gasteiger partial charge in [-0.3, -0.25) is 0 Å². The van der Waals surface area contributed by atoms with Crippen LogP contribution in [0.1, 0.15) is 45.6 Å². The quantitative estimate of drug-likeness (QED) is 0.653. The minimum Gasteiger partial charge on any atom is -0.313 e. The second-order valence-corrected chi connectivity index (χ2v) is 7.12. The number of hydrogen-bond donors (Lipinski definition) is 2. The first-order valence-electron chi connectivity index (χ1n) is 7.82. The second kappa shape index (κ2) is 9.18. The van der Waals surface area contributed by atoms with Crippen molar-refractivity contribution in [2.45, 2.75) is 51.5 Å². The Morgan fingerprint density at radius 1 is 1.05 bits per heavy atom. The van der Waals surface area contributed by atoms with Crippen molar-refractivity contribution in [2.24, 2.45) is 5.92 Å². The number of nitrogens with one attached hydrogen (secondary N) is 2. The lowest BCUT2D eigenvalue weighted by atomic mass is 10.0. The molecule has 0 aromatic heterocycles. The minimum atomic E-state index is -3.39. The summed E-state index contributed by atoms with van der Waals surface area (Å²) >= 11 is 0. The number of hydrogen-bond acceptors (Lipinski definition) is 3. The first-order valence-corrected chi connectivity index (χ1v) is 9.31. The van der Waals surface area contributed by atoms with Gasteiger partial charge in [0.25, 0.3) is 0 Å². The third kappa shape index (κ3) is 6.16. The molecule has 0 aliphatic carbocycles. The van der Waals surface area contributed by atoms with Gasteiger partial charge in [-0.15, -0.1) is 0 Å². The molecule has 0 aliphatic rings. The summed E-state index contributed by atoms with van der Waals surface area (Å²) in [6, 6.07) is 7.10. The Kier molecular flexibility index (Phi) is 7.93. The highest BCUT2D eigenvalue weighted by atomic mass is 32.2. The topological polar surface area (TPSA) is 58.2 Å². The van der Waals surface area contributed by atoms with Crippen LogP contribution in [0.3, 0.4) is 0 Å². The van der Waals surface area contributed by atoms with Crippen molar-refractivity contribution in [3.05, 3.63) is 29.8 Å². The van der Waals surface area contributed by atoms with Crippen LogP contribution in [-0.4, -0.2) is 21.5 Å². The first-order chi connectivity index (χ1) is 10.0. The van der Waals surface area contributed by atoms with Gasteiger partial charge in [0, 0.05) is 13.1 Å². The van der Waals surface area contributed by atoms with E-state index in [0.717, 1.165) is 37.9 Å². The van der Waals surface area contributed by atoms with Crippen molar-refractivity contribution >= 4 is 10.0 Å². The zero-order chi connectivity index (χ0) is 15.7. The minimum absolute atomic E-state index is 0.340. The molecule has 0 bridgehead atoms. The van der Waals surface area contributed by atoms with E-state index >= 15 is 0 Å². The molecule has 0 fully saturated rings. The highest BCUT2D eigenvalue weighted by Crippen LogP contribution is 2.12. The van der Waals surface area contributed by atoms with E-state index in [-0.39, 0.29) is 0 Å². The summed E-state index contributed by atoms with van der Waals surface area (Å²) in [5, 5.41) is 3.30. The van der Waals surface area contributed by atoms with Gasteiger partial charge < -0.3 is 5.32 Å². The van der Waals surface area contributed by atoms with Crippen molar-refractivity contribution in [1.29, 1.82) is 0 Å². The molecule has 1 aromatic rings. The van der Waals surface area contributed by atoms with Gasteiger partial charge in [0.1, 0.15) is 0 Å². The van der Waals surface area contributed by atoms with Crippen molar-refractivity contribution in [3.8, 4) is 0 Å². The fourth-order valence-corrected chi connectivity index (χ4v) is 3.20. The van der Waals surface area contributed by atoms with E-state index in [1.807, 2.05) is 12.1 Å². The van der Waals surface area contributed by atoms with Gasteiger partial charge in [0.05, 0.1) is 4.90 Å². The van der Waals surface area contributed by atoms with Crippen LogP contribution in [0, 0.1) is 5.92 Å². The predicted octanol–water partition coefficient (Wildman–Crippen LogP) is 2.90. The number of benzene rings is 1. The van der Waals surface area contributed by atoms with E-state index in [1.165, 1.54) is 0 Å². The largest absolute Gasteiger partial charge is 0.313 e. The molecule has 1 aromatic carbocycles. The molecule has 120 valence electrons. The predicted molar refractivity (Wildman–Crippen MR) is 87.7 cm³/mol. The molecule has 0 radical (unpaired) electrons. The molecule has 2 N–H and O–H groups in total. The van der Waals surface area contributed by atoms with Crippen LogP contribution >= 0.6 is 0 Å². The highest BCUT2D eigenvalue weighted by Gasteiger charge is 2.15. The van der Waals surface area contributed by atoms with E-state index in [0.29, 0.717) is 17.4 Å². The highest BCUT2D eigenvalue weighted by molar-refractivity contribution is 7.89. The summed E-state index contributed by atoms with van der Waals surface area (Å²) in [7, 11) is -3.39. The van der Waals surface area contributed by atoms with Crippen LogP contribution < -0.4 is 10.0 Å². The maximum Gasteiger partial charge on any atom is 0.240 e. The van der Waals surface area contributed by atoms with Gasteiger partial charge in [0.15, 0.2) is 0 Å². The molecule has 5 heteroatoms. The zero-order valence-corrected chi connectivity index (χ0v) is 14.2. The van der Waals surface area contributed by atoms with Crippen molar-refractivity contribution in [2.75, 3.05) is 13.1 Å². The molecule has 0 amide bonds. The summed E-state index contributed by atoms with van der Waals surface area (Å²) in [4.78, 5) is 0.340. The molecule has 0 unspecified atom stereocenters. The van der Waals surface area contributed by atoms with E-state index in [9.17, 15) is 8.42 Å². The SMILES string of the molecule is CCCNCc1ccc(S(=O)(=O)NCC(CC)CC)cc1. The van der Waals surface area contributed by atoms with Gasteiger partial charge in [-0.2, -0.15) is 0 Å². The van der Waals surface area contributed by atoms with Gasteiger partial charge in [0.2, 0.25) is 10.0 Å². The van der Waals surface area contributed by atoms with Crippen molar-refractivity contribution < 1.29 is 8.42 Å². The Hall–Kier alpha value is -0.910. The summed E-state index contributed by atoms with van der Waals surface area (Å²) in [5.41, 5.74) is 1.10.